The molecule has 1 unspecified atom stereocenters. The highest BCUT2D eigenvalue weighted by atomic mass is 35.5. The number of hydrogen-bond acceptors (Lipinski definition) is 8. The van der Waals surface area contributed by atoms with Gasteiger partial charge in [-0.1, -0.05) is 11.6 Å². The van der Waals surface area contributed by atoms with Crippen LogP contribution < -0.4 is 19.2 Å². The van der Waals surface area contributed by atoms with Gasteiger partial charge in [-0.25, -0.2) is 4.79 Å². The molecule has 0 radical (unpaired) electrons. The Morgan fingerprint density at radius 1 is 0.886 bits per heavy atom. The monoisotopic (exact) mass is 500 g/mol. The van der Waals surface area contributed by atoms with E-state index in [9.17, 15) is 14.4 Å². The number of anilines is 1. The second kappa shape index (κ2) is 9.46. The average Bonchev–Trinajstić information content (AvgIpc) is 3.30. The van der Waals surface area contributed by atoms with E-state index in [0.717, 1.165) is 15.4 Å². The zero-order chi connectivity index (χ0) is 25.4. The van der Waals surface area contributed by atoms with Crippen LogP contribution in [0.2, 0.25) is 5.02 Å². The number of imide groups is 2. The fraction of sp³-hybridized carbons (Fsp3) is 0.333. The van der Waals surface area contributed by atoms with Gasteiger partial charge >= 0.3 is 6.03 Å². The van der Waals surface area contributed by atoms with Gasteiger partial charge in [0.05, 0.1) is 38.8 Å². The number of rotatable bonds is 6. The van der Waals surface area contributed by atoms with E-state index in [1.165, 1.54) is 35.4 Å². The number of urea groups is 1. The molecule has 1 saturated heterocycles. The molecule has 1 atom stereocenters. The highest BCUT2D eigenvalue weighted by Gasteiger charge is 2.48. The predicted molar refractivity (Wildman–Crippen MR) is 129 cm³/mol. The molecule has 2 aromatic carbocycles. The van der Waals surface area contributed by atoms with Crippen molar-refractivity contribution in [2.45, 2.75) is 12.5 Å². The van der Waals surface area contributed by atoms with Crippen molar-refractivity contribution >= 4 is 40.8 Å². The Balaban J connectivity index is 1.81. The Labute approximate surface area is 207 Å². The molecule has 4 rings (SSSR count). The van der Waals surface area contributed by atoms with Crippen LogP contribution in [-0.2, 0) is 9.59 Å². The Hall–Kier alpha value is -3.79. The van der Waals surface area contributed by atoms with Gasteiger partial charge in [-0.05, 0) is 42.0 Å². The number of hydrazone groups is 1. The van der Waals surface area contributed by atoms with Crippen LogP contribution in [0, 0.1) is 5.92 Å². The quantitative estimate of drug-likeness (QED) is 0.561. The number of carbonyl (C=O) groups excluding carboxylic acids is 3. The molecule has 4 amide bonds. The Kier molecular flexibility index (Phi) is 6.58. The van der Waals surface area contributed by atoms with Crippen LogP contribution >= 0.6 is 11.6 Å². The third-order valence-electron chi connectivity index (χ3n) is 6.16. The largest absolute Gasteiger partial charge is 0.493 e. The molecule has 0 aliphatic carbocycles. The minimum atomic E-state index is -1.20. The van der Waals surface area contributed by atoms with Crippen LogP contribution in [-0.4, -0.2) is 68.8 Å². The second-order valence-corrected chi connectivity index (χ2v) is 8.54. The summed E-state index contributed by atoms with van der Waals surface area (Å²) in [6.07, 6.45) is 0.249. The molecule has 2 aliphatic heterocycles. The Morgan fingerprint density at radius 3 is 1.91 bits per heavy atom. The molecular weight excluding hydrogens is 476 g/mol. The lowest BCUT2D eigenvalue weighted by Gasteiger charge is -2.32. The van der Waals surface area contributed by atoms with Crippen LogP contribution in [0.3, 0.4) is 0 Å². The first-order chi connectivity index (χ1) is 16.7. The van der Waals surface area contributed by atoms with Crippen LogP contribution in [0.4, 0.5) is 10.5 Å². The summed E-state index contributed by atoms with van der Waals surface area (Å²) in [4.78, 5) is 40.1. The first-order valence-corrected chi connectivity index (χ1v) is 11.1. The molecular formula is C24H25ClN4O6. The van der Waals surface area contributed by atoms with Crippen molar-refractivity contribution in [3.8, 4) is 17.2 Å². The maximum Gasteiger partial charge on any atom is 0.332 e. The SMILES string of the molecule is COc1cc(C2CC(C3C(=O)N(C)C(=O)N(C)C3=O)=NN2c2ccc(Cl)cc2)cc(OC)c1OC. The van der Waals surface area contributed by atoms with Crippen molar-refractivity contribution in [2.75, 3.05) is 40.4 Å². The molecule has 0 bridgehead atoms. The summed E-state index contributed by atoms with van der Waals surface area (Å²) in [5.74, 6) is -1.07. The summed E-state index contributed by atoms with van der Waals surface area (Å²) >= 11 is 6.09. The molecule has 11 heteroatoms. The van der Waals surface area contributed by atoms with Crippen molar-refractivity contribution in [2.24, 2.45) is 11.0 Å². The summed E-state index contributed by atoms with van der Waals surface area (Å²) in [6.45, 7) is 0. The summed E-state index contributed by atoms with van der Waals surface area (Å²) in [6, 6.07) is 9.58. The smallest absolute Gasteiger partial charge is 0.332 e. The lowest BCUT2D eigenvalue weighted by molar-refractivity contribution is -0.144. The van der Waals surface area contributed by atoms with Gasteiger partial charge in [0.2, 0.25) is 17.6 Å². The normalized spacial score (nSPS) is 18.8. The second-order valence-electron chi connectivity index (χ2n) is 8.10. The third kappa shape index (κ3) is 4.14. The average molecular weight is 501 g/mol. The Bertz CT molecular complexity index is 1170. The molecule has 35 heavy (non-hydrogen) atoms. The van der Waals surface area contributed by atoms with Gasteiger partial charge in [0.15, 0.2) is 17.4 Å². The molecule has 0 N–H and O–H groups in total. The molecule has 2 aromatic rings. The first-order valence-electron chi connectivity index (χ1n) is 10.7. The molecule has 2 heterocycles. The van der Waals surface area contributed by atoms with Gasteiger partial charge in [0.25, 0.3) is 0 Å². The van der Waals surface area contributed by atoms with Gasteiger partial charge < -0.3 is 14.2 Å². The van der Waals surface area contributed by atoms with Crippen LogP contribution in [0.1, 0.15) is 18.0 Å². The molecule has 184 valence electrons. The van der Waals surface area contributed by atoms with Gasteiger partial charge in [-0.15, -0.1) is 0 Å². The van der Waals surface area contributed by atoms with E-state index in [4.69, 9.17) is 30.9 Å². The summed E-state index contributed by atoms with van der Waals surface area (Å²) < 4.78 is 16.5. The van der Waals surface area contributed by atoms with Gasteiger partial charge in [0.1, 0.15) is 0 Å². The van der Waals surface area contributed by atoms with Crippen LogP contribution in [0.5, 0.6) is 17.2 Å². The van der Waals surface area contributed by atoms with Crippen molar-refractivity contribution in [1.29, 1.82) is 0 Å². The van der Waals surface area contributed by atoms with Crippen LogP contribution in [0.25, 0.3) is 0 Å². The maximum atomic E-state index is 13.0. The molecule has 10 nitrogen and oxygen atoms in total. The van der Waals surface area contributed by atoms with Crippen LogP contribution in [0.15, 0.2) is 41.5 Å². The fourth-order valence-corrected chi connectivity index (χ4v) is 4.41. The molecule has 0 aromatic heterocycles. The highest BCUT2D eigenvalue weighted by Crippen LogP contribution is 2.44. The van der Waals surface area contributed by atoms with E-state index >= 15 is 0 Å². The molecule has 2 aliphatic rings. The lowest BCUT2D eigenvalue weighted by Crippen LogP contribution is -2.58. The summed E-state index contributed by atoms with van der Waals surface area (Å²) in [5.41, 5.74) is 1.82. The van der Waals surface area contributed by atoms with E-state index in [2.05, 4.69) is 0 Å². The molecule has 0 saturated carbocycles. The topological polar surface area (TPSA) is 101 Å². The lowest BCUT2D eigenvalue weighted by atomic mass is 9.91. The minimum Gasteiger partial charge on any atom is -0.493 e. The van der Waals surface area contributed by atoms with Gasteiger partial charge in [0, 0.05) is 25.5 Å². The van der Waals surface area contributed by atoms with Crippen molar-refractivity contribution in [3.05, 3.63) is 47.0 Å². The van der Waals surface area contributed by atoms with Gasteiger partial charge in [-0.3, -0.25) is 24.4 Å². The Morgan fingerprint density at radius 2 is 1.43 bits per heavy atom. The summed E-state index contributed by atoms with van der Waals surface area (Å²) in [7, 11) is 7.27. The first kappa shape index (κ1) is 24.3. The van der Waals surface area contributed by atoms with E-state index in [1.54, 1.807) is 41.4 Å². The zero-order valence-electron chi connectivity index (χ0n) is 19.9. The number of methoxy groups -OCH3 is 3. The van der Waals surface area contributed by atoms with E-state index in [-0.39, 0.29) is 6.42 Å². The highest BCUT2D eigenvalue weighted by molar-refractivity contribution is 6.30. The number of hydrogen-bond donors (Lipinski definition) is 0. The third-order valence-corrected chi connectivity index (χ3v) is 6.41. The number of carbonyl (C=O) groups is 3. The standard InChI is InChI=1S/C24H25ClN4O6/c1-27-22(30)20(23(31)28(2)24(27)32)16-12-17(29(26-16)15-8-6-14(25)7-9-15)13-10-18(33-3)21(35-5)19(11-13)34-4/h6-11,17,20H,12H2,1-5H3. The van der Waals surface area contributed by atoms with Crippen molar-refractivity contribution in [3.63, 3.8) is 0 Å². The maximum absolute atomic E-state index is 13.0. The number of ether oxygens (including phenoxy) is 3. The van der Waals surface area contributed by atoms with E-state index < -0.39 is 29.8 Å². The fourth-order valence-electron chi connectivity index (χ4n) is 4.28. The van der Waals surface area contributed by atoms with E-state index in [0.29, 0.717) is 33.7 Å². The van der Waals surface area contributed by atoms with E-state index in [1.807, 2.05) is 0 Å². The summed E-state index contributed by atoms with van der Waals surface area (Å²) in [5, 5.41) is 6.99. The zero-order valence-corrected chi connectivity index (χ0v) is 20.7. The number of benzene rings is 2. The van der Waals surface area contributed by atoms with Crippen molar-refractivity contribution in [1.82, 2.24) is 9.80 Å². The van der Waals surface area contributed by atoms with Gasteiger partial charge in [-0.2, -0.15) is 5.10 Å². The number of amides is 4. The molecule has 0 spiro atoms. The van der Waals surface area contributed by atoms with Crippen molar-refractivity contribution < 1.29 is 28.6 Å². The number of nitrogens with zero attached hydrogens (tertiary/aromatic N) is 4. The minimum absolute atomic E-state index is 0.249. The number of halogens is 1. The predicted octanol–water partition coefficient (Wildman–Crippen LogP) is 3.34. The number of barbiturate groups is 1. The molecule has 1 fully saturated rings.